The molecule has 1 fully saturated rings. The predicted molar refractivity (Wildman–Crippen MR) is 166 cm³/mol. The zero-order chi connectivity index (χ0) is 29.6. The van der Waals surface area contributed by atoms with Crippen LogP contribution in [-0.4, -0.2) is 52.8 Å². The number of carboxylic acids is 1. The Labute approximate surface area is 247 Å². The Bertz CT molecular complexity index is 1480. The number of carboxylic acid groups (broad SMARTS) is 1. The molecule has 8 nitrogen and oxygen atoms in total. The minimum Gasteiger partial charge on any atom is -0.480 e. The van der Waals surface area contributed by atoms with Crippen LogP contribution in [0.5, 0.6) is 0 Å². The third-order valence-electron chi connectivity index (χ3n) is 7.81. The highest BCUT2D eigenvalue weighted by Gasteiger charge is 2.48. The van der Waals surface area contributed by atoms with Gasteiger partial charge in [-0.05, 0) is 50.6 Å². The van der Waals surface area contributed by atoms with E-state index in [-0.39, 0.29) is 17.3 Å². The maximum Gasteiger partial charge on any atom is 0.323 e. The van der Waals surface area contributed by atoms with Crippen molar-refractivity contribution < 1.29 is 27.5 Å². The Morgan fingerprint density at radius 2 is 1.66 bits per heavy atom. The molecule has 41 heavy (non-hydrogen) atoms. The molecular formula is C31H42N2O6S2. The molecule has 0 saturated carbocycles. The number of thioether (sulfide) groups is 1. The normalized spacial score (nSPS) is 17.7. The highest BCUT2D eigenvalue weighted by atomic mass is 32.2. The van der Waals surface area contributed by atoms with Crippen LogP contribution in [-0.2, 0) is 19.6 Å². The molecular weight excluding hydrogens is 560 g/mol. The molecule has 1 saturated heterocycles. The summed E-state index contributed by atoms with van der Waals surface area (Å²) in [6.07, 6.45) is 11.2. The lowest BCUT2D eigenvalue weighted by Crippen LogP contribution is -2.58. The van der Waals surface area contributed by atoms with Gasteiger partial charge in [-0.3, -0.25) is 9.59 Å². The summed E-state index contributed by atoms with van der Waals surface area (Å²) >= 11 is 1.46. The van der Waals surface area contributed by atoms with E-state index in [9.17, 15) is 23.1 Å². The van der Waals surface area contributed by atoms with Gasteiger partial charge in [0, 0.05) is 46.0 Å². The van der Waals surface area contributed by atoms with Crippen molar-refractivity contribution in [1.82, 2.24) is 4.31 Å². The molecule has 3 aromatic rings. The zero-order valence-corrected chi connectivity index (χ0v) is 25.9. The van der Waals surface area contributed by atoms with E-state index in [4.69, 9.17) is 4.42 Å². The molecule has 1 unspecified atom stereocenters. The van der Waals surface area contributed by atoms with Crippen molar-refractivity contribution in [3.05, 3.63) is 36.4 Å². The third-order valence-corrected chi connectivity index (χ3v) is 11.0. The van der Waals surface area contributed by atoms with Gasteiger partial charge in [0.05, 0.1) is 4.90 Å². The second-order valence-electron chi connectivity index (χ2n) is 11.4. The van der Waals surface area contributed by atoms with Crippen molar-refractivity contribution >= 4 is 61.3 Å². The average Bonchev–Trinajstić information content (AvgIpc) is 3.28. The van der Waals surface area contributed by atoms with Crippen molar-refractivity contribution in [2.75, 3.05) is 17.6 Å². The van der Waals surface area contributed by atoms with E-state index in [2.05, 4.69) is 12.2 Å². The van der Waals surface area contributed by atoms with Crippen molar-refractivity contribution in [3.8, 4) is 0 Å². The number of benzene rings is 2. The van der Waals surface area contributed by atoms with Gasteiger partial charge < -0.3 is 14.8 Å². The lowest BCUT2D eigenvalue weighted by atomic mass is 10.0. The van der Waals surface area contributed by atoms with Gasteiger partial charge in [-0.2, -0.15) is 16.1 Å². The van der Waals surface area contributed by atoms with Gasteiger partial charge in [0.15, 0.2) is 0 Å². The van der Waals surface area contributed by atoms with Crippen molar-refractivity contribution in [3.63, 3.8) is 0 Å². The van der Waals surface area contributed by atoms with Crippen LogP contribution in [0.15, 0.2) is 45.7 Å². The number of nitrogens with one attached hydrogen (secondary N) is 1. The topological polar surface area (TPSA) is 117 Å². The lowest BCUT2D eigenvalue weighted by molar-refractivity contribution is -0.142. The molecule has 1 aromatic heterocycles. The number of anilines is 1. The molecule has 2 N–H and O–H groups in total. The summed E-state index contributed by atoms with van der Waals surface area (Å²) in [4.78, 5) is 24.6. The van der Waals surface area contributed by atoms with Crippen LogP contribution in [0.4, 0.5) is 5.69 Å². The van der Waals surface area contributed by atoms with Gasteiger partial charge in [-0.25, -0.2) is 8.42 Å². The highest BCUT2D eigenvalue weighted by Crippen LogP contribution is 2.39. The maximum atomic E-state index is 13.6. The summed E-state index contributed by atoms with van der Waals surface area (Å²) < 4.78 is 33.6. The molecule has 2 heterocycles. The molecule has 1 aliphatic rings. The van der Waals surface area contributed by atoms with E-state index >= 15 is 0 Å². The third kappa shape index (κ3) is 7.45. The van der Waals surface area contributed by atoms with E-state index in [1.54, 1.807) is 38.1 Å². The van der Waals surface area contributed by atoms with Crippen molar-refractivity contribution in [1.29, 1.82) is 0 Å². The molecule has 0 aliphatic carbocycles. The number of nitrogens with zero attached hydrogens (tertiary/aromatic N) is 1. The fraction of sp³-hybridized carbons (Fsp3) is 0.548. The molecule has 1 aliphatic heterocycles. The Hall–Kier alpha value is -2.56. The number of fused-ring (bicyclic) bond motifs is 3. The molecule has 1 atom stereocenters. The van der Waals surface area contributed by atoms with Crippen LogP contribution in [0, 0.1) is 0 Å². The molecule has 10 heteroatoms. The SMILES string of the molecule is CCCCCCCCCCCC(=O)Nc1ccc2c(c1)oc1ccc(S(=O)(=O)N3CCSC(C)(C)C3C(=O)O)cc12. The minimum atomic E-state index is -4.07. The molecule has 4 rings (SSSR count). The van der Waals surface area contributed by atoms with E-state index < -0.39 is 26.8 Å². The number of carbonyl (C=O) groups is 2. The molecule has 1 amide bonds. The lowest BCUT2D eigenvalue weighted by Gasteiger charge is -2.42. The first-order chi connectivity index (χ1) is 19.5. The van der Waals surface area contributed by atoms with Crippen LogP contribution < -0.4 is 5.32 Å². The summed E-state index contributed by atoms with van der Waals surface area (Å²) in [5, 5.41) is 14.2. The molecule has 2 aromatic carbocycles. The fourth-order valence-corrected chi connectivity index (χ4v) is 8.71. The van der Waals surface area contributed by atoms with Gasteiger partial charge in [-0.15, -0.1) is 0 Å². The molecule has 0 bridgehead atoms. The summed E-state index contributed by atoms with van der Waals surface area (Å²) in [7, 11) is -4.07. The number of furan rings is 1. The van der Waals surface area contributed by atoms with Gasteiger partial charge in [0.25, 0.3) is 0 Å². The number of hydrogen-bond acceptors (Lipinski definition) is 6. The second kappa shape index (κ2) is 13.6. The standard InChI is InChI=1S/C31H42N2O6S2/c1-4-5-6-7-8-9-10-11-12-13-28(34)32-22-14-16-24-25-21-23(15-17-26(25)39-27(24)20-22)41(37,38)33-18-19-40-31(2,3)29(33)30(35)36/h14-17,20-21,29H,4-13,18-19H2,1-3H3,(H,32,34)(H,35,36). The van der Waals surface area contributed by atoms with Crippen LogP contribution in [0.1, 0.15) is 85.0 Å². The van der Waals surface area contributed by atoms with Crippen LogP contribution >= 0.6 is 11.8 Å². The molecule has 0 spiro atoms. The number of rotatable bonds is 14. The number of amides is 1. The Balaban J connectivity index is 1.42. The van der Waals surface area contributed by atoms with Crippen LogP contribution in [0.2, 0.25) is 0 Å². The average molecular weight is 603 g/mol. The maximum absolute atomic E-state index is 13.6. The van der Waals surface area contributed by atoms with Gasteiger partial charge in [-0.1, -0.05) is 58.3 Å². The van der Waals surface area contributed by atoms with Crippen LogP contribution in [0.25, 0.3) is 21.9 Å². The van der Waals surface area contributed by atoms with E-state index in [1.807, 2.05) is 6.07 Å². The summed E-state index contributed by atoms with van der Waals surface area (Å²) in [5.74, 6) is -0.680. The number of hydrogen-bond donors (Lipinski definition) is 2. The minimum absolute atomic E-state index is 0.0278. The number of aliphatic carboxylic acids is 1. The first-order valence-electron chi connectivity index (χ1n) is 14.7. The van der Waals surface area contributed by atoms with Crippen LogP contribution in [0.3, 0.4) is 0 Å². The summed E-state index contributed by atoms with van der Waals surface area (Å²) in [6, 6.07) is 8.79. The largest absolute Gasteiger partial charge is 0.480 e. The zero-order valence-electron chi connectivity index (χ0n) is 24.3. The Kier molecular flexibility index (Phi) is 10.4. The number of carbonyl (C=O) groups excluding carboxylic acids is 1. The number of unbranched alkanes of at least 4 members (excludes halogenated alkanes) is 8. The summed E-state index contributed by atoms with van der Waals surface area (Å²) in [5.41, 5.74) is 1.68. The van der Waals surface area contributed by atoms with Gasteiger partial charge in [0.1, 0.15) is 17.2 Å². The smallest absolute Gasteiger partial charge is 0.323 e. The Morgan fingerprint density at radius 3 is 2.34 bits per heavy atom. The quantitative estimate of drug-likeness (QED) is 0.184. The first-order valence-corrected chi connectivity index (χ1v) is 17.1. The Morgan fingerprint density at radius 1 is 0.976 bits per heavy atom. The predicted octanol–water partition coefficient (Wildman–Crippen LogP) is 7.41. The van der Waals surface area contributed by atoms with Gasteiger partial charge in [0.2, 0.25) is 15.9 Å². The summed E-state index contributed by atoms with van der Waals surface area (Å²) in [6.45, 7) is 5.87. The second-order valence-corrected chi connectivity index (χ2v) is 15.0. The van der Waals surface area contributed by atoms with E-state index in [1.165, 1.54) is 56.4 Å². The van der Waals surface area contributed by atoms with E-state index in [0.29, 0.717) is 34.4 Å². The fourth-order valence-electron chi connectivity index (χ4n) is 5.58. The highest BCUT2D eigenvalue weighted by molar-refractivity contribution is 8.00. The number of sulfonamides is 1. The first kappa shape index (κ1) is 31.4. The van der Waals surface area contributed by atoms with Crippen molar-refractivity contribution in [2.45, 2.75) is 101 Å². The van der Waals surface area contributed by atoms with E-state index in [0.717, 1.165) is 29.0 Å². The van der Waals surface area contributed by atoms with Gasteiger partial charge >= 0.3 is 5.97 Å². The molecule has 0 radical (unpaired) electrons. The molecule has 224 valence electrons. The monoisotopic (exact) mass is 602 g/mol. The van der Waals surface area contributed by atoms with Crippen molar-refractivity contribution in [2.24, 2.45) is 0 Å².